The summed E-state index contributed by atoms with van der Waals surface area (Å²) < 4.78 is 36.8. The highest BCUT2D eigenvalue weighted by Crippen LogP contribution is 2.32. The van der Waals surface area contributed by atoms with Crippen molar-refractivity contribution in [3.05, 3.63) is 58.8 Å². The molecule has 5 nitrogen and oxygen atoms in total. The van der Waals surface area contributed by atoms with E-state index >= 15 is 0 Å². The molecule has 1 N–H and O–H groups in total. The van der Waals surface area contributed by atoms with Crippen molar-refractivity contribution >= 4 is 29.0 Å². The second-order valence-electron chi connectivity index (χ2n) is 5.41. The first-order valence-electron chi connectivity index (χ1n) is 7.90. The number of hydrogen-bond donors (Lipinski definition) is 1. The van der Waals surface area contributed by atoms with Crippen molar-refractivity contribution in [3.63, 3.8) is 0 Å². The predicted molar refractivity (Wildman–Crippen MR) is 93.9 cm³/mol. The van der Waals surface area contributed by atoms with Gasteiger partial charge in [-0.25, -0.2) is 13.6 Å². The second-order valence-corrected chi connectivity index (χ2v) is 5.41. The zero-order valence-electron chi connectivity index (χ0n) is 14.2. The molecule has 134 valence electrons. The summed E-state index contributed by atoms with van der Waals surface area (Å²) in [6, 6.07) is 6.86. The topological polar surface area (TPSA) is 64.2 Å². The molecule has 0 spiro atoms. The van der Waals surface area contributed by atoms with E-state index in [-0.39, 0.29) is 12.2 Å². The third-order valence-corrected chi connectivity index (χ3v) is 3.79. The summed E-state index contributed by atoms with van der Waals surface area (Å²) in [5.74, 6) is -2.00. The van der Waals surface area contributed by atoms with Gasteiger partial charge in [-0.2, -0.15) is 5.10 Å². The van der Waals surface area contributed by atoms with Crippen LogP contribution in [0.2, 0.25) is 0 Å². The van der Waals surface area contributed by atoms with Gasteiger partial charge in [-0.1, -0.05) is 12.1 Å². The molecule has 0 atom stereocenters. The van der Waals surface area contributed by atoms with Crippen molar-refractivity contribution in [2.75, 3.05) is 13.7 Å². The van der Waals surface area contributed by atoms with Gasteiger partial charge in [0, 0.05) is 0 Å². The van der Waals surface area contributed by atoms with E-state index in [1.165, 1.54) is 13.2 Å². The SMILES string of the molecule is CCOC(=O)c1ccc2n[nH]c(/C=C/c3ccc(F)c(F)c3)c2c1OC. The van der Waals surface area contributed by atoms with Gasteiger partial charge in [0.15, 0.2) is 11.6 Å². The third kappa shape index (κ3) is 3.28. The van der Waals surface area contributed by atoms with Crippen molar-refractivity contribution < 1.29 is 23.0 Å². The Balaban J connectivity index is 2.06. The number of carbonyl (C=O) groups is 1. The zero-order valence-corrected chi connectivity index (χ0v) is 14.2. The zero-order chi connectivity index (χ0) is 18.7. The number of ether oxygens (including phenoxy) is 2. The fourth-order valence-electron chi connectivity index (χ4n) is 2.60. The number of nitrogens with one attached hydrogen (secondary N) is 1. The largest absolute Gasteiger partial charge is 0.495 e. The monoisotopic (exact) mass is 358 g/mol. The van der Waals surface area contributed by atoms with Gasteiger partial charge in [0.2, 0.25) is 0 Å². The molecule has 1 aromatic heterocycles. The van der Waals surface area contributed by atoms with Crippen LogP contribution in [0.15, 0.2) is 30.3 Å². The number of fused-ring (bicyclic) bond motifs is 1. The molecular formula is C19H16F2N2O3. The van der Waals surface area contributed by atoms with Gasteiger partial charge in [0.05, 0.1) is 30.3 Å². The van der Waals surface area contributed by atoms with E-state index in [2.05, 4.69) is 10.2 Å². The minimum absolute atomic E-state index is 0.244. The average Bonchev–Trinajstić information content (AvgIpc) is 3.05. The Kier molecular flexibility index (Phi) is 4.97. The Labute approximate surface area is 148 Å². The number of methoxy groups -OCH3 is 1. The molecule has 0 aliphatic rings. The van der Waals surface area contributed by atoms with Crippen LogP contribution >= 0.6 is 0 Å². The summed E-state index contributed by atoms with van der Waals surface area (Å²) in [7, 11) is 1.45. The molecule has 0 unspecified atom stereocenters. The molecule has 2 aromatic carbocycles. The predicted octanol–water partition coefficient (Wildman–Crippen LogP) is 4.20. The van der Waals surface area contributed by atoms with Crippen LogP contribution in [-0.4, -0.2) is 29.9 Å². The van der Waals surface area contributed by atoms with Crippen molar-refractivity contribution in [2.24, 2.45) is 0 Å². The van der Waals surface area contributed by atoms with E-state index in [4.69, 9.17) is 9.47 Å². The first kappa shape index (κ1) is 17.6. The number of hydrogen-bond acceptors (Lipinski definition) is 4. The maximum absolute atomic E-state index is 13.3. The van der Waals surface area contributed by atoms with Crippen molar-refractivity contribution in [2.45, 2.75) is 6.92 Å². The number of carbonyl (C=O) groups excluding carboxylic acids is 1. The van der Waals surface area contributed by atoms with E-state index in [1.807, 2.05) is 0 Å². The number of rotatable bonds is 5. The molecule has 0 saturated heterocycles. The summed E-state index contributed by atoms with van der Waals surface area (Å²) >= 11 is 0. The van der Waals surface area contributed by atoms with Crippen LogP contribution < -0.4 is 4.74 Å². The number of esters is 1. The molecule has 3 aromatic rings. The Bertz CT molecular complexity index is 996. The first-order valence-corrected chi connectivity index (χ1v) is 7.90. The van der Waals surface area contributed by atoms with Crippen LogP contribution in [0, 0.1) is 11.6 Å². The summed E-state index contributed by atoms with van der Waals surface area (Å²) in [5, 5.41) is 7.62. The van der Waals surface area contributed by atoms with E-state index in [0.29, 0.717) is 27.9 Å². The summed E-state index contributed by atoms with van der Waals surface area (Å²) in [4.78, 5) is 12.1. The number of H-pyrrole nitrogens is 1. The Morgan fingerprint density at radius 3 is 2.69 bits per heavy atom. The summed E-state index contributed by atoms with van der Waals surface area (Å²) in [5.41, 5.74) is 1.92. The van der Waals surface area contributed by atoms with Gasteiger partial charge in [-0.3, -0.25) is 5.10 Å². The molecular weight excluding hydrogens is 342 g/mol. The maximum atomic E-state index is 13.3. The van der Waals surface area contributed by atoms with Crippen LogP contribution in [0.4, 0.5) is 8.78 Å². The van der Waals surface area contributed by atoms with E-state index in [9.17, 15) is 13.6 Å². The lowest BCUT2D eigenvalue weighted by atomic mass is 10.1. The highest BCUT2D eigenvalue weighted by Gasteiger charge is 2.19. The molecule has 7 heteroatoms. The highest BCUT2D eigenvalue weighted by atomic mass is 19.2. The fraction of sp³-hybridized carbons (Fsp3) is 0.158. The molecule has 0 aliphatic heterocycles. The van der Waals surface area contributed by atoms with Gasteiger partial charge < -0.3 is 9.47 Å². The van der Waals surface area contributed by atoms with Crippen molar-refractivity contribution in [3.8, 4) is 5.75 Å². The normalized spacial score (nSPS) is 11.2. The van der Waals surface area contributed by atoms with E-state index < -0.39 is 17.6 Å². The second kappa shape index (κ2) is 7.35. The van der Waals surface area contributed by atoms with Crippen LogP contribution in [0.25, 0.3) is 23.1 Å². The molecule has 0 radical (unpaired) electrons. The highest BCUT2D eigenvalue weighted by molar-refractivity contribution is 6.03. The third-order valence-electron chi connectivity index (χ3n) is 3.79. The first-order chi connectivity index (χ1) is 12.5. The van der Waals surface area contributed by atoms with Gasteiger partial charge in [-0.05, 0) is 42.8 Å². The average molecular weight is 358 g/mol. The van der Waals surface area contributed by atoms with Gasteiger partial charge in [-0.15, -0.1) is 0 Å². The lowest BCUT2D eigenvalue weighted by molar-refractivity contribution is 0.0523. The smallest absolute Gasteiger partial charge is 0.341 e. The van der Waals surface area contributed by atoms with Crippen LogP contribution in [0.3, 0.4) is 0 Å². The van der Waals surface area contributed by atoms with Gasteiger partial charge >= 0.3 is 5.97 Å². The van der Waals surface area contributed by atoms with Crippen molar-refractivity contribution in [1.29, 1.82) is 0 Å². The Morgan fingerprint density at radius 1 is 1.19 bits per heavy atom. The van der Waals surface area contributed by atoms with Crippen molar-refractivity contribution in [1.82, 2.24) is 10.2 Å². The molecule has 26 heavy (non-hydrogen) atoms. The number of nitrogens with zero attached hydrogens (tertiary/aromatic N) is 1. The van der Waals surface area contributed by atoms with Crippen LogP contribution in [-0.2, 0) is 4.74 Å². The minimum Gasteiger partial charge on any atom is -0.495 e. The van der Waals surface area contributed by atoms with E-state index in [0.717, 1.165) is 12.1 Å². The fourth-order valence-corrected chi connectivity index (χ4v) is 2.60. The summed E-state index contributed by atoms with van der Waals surface area (Å²) in [6.45, 7) is 1.96. The molecule has 3 rings (SSSR count). The Morgan fingerprint density at radius 2 is 2.00 bits per heavy atom. The summed E-state index contributed by atoms with van der Waals surface area (Å²) in [6.07, 6.45) is 3.26. The lowest BCUT2D eigenvalue weighted by Gasteiger charge is -2.09. The minimum atomic E-state index is -0.927. The van der Waals surface area contributed by atoms with Crippen LogP contribution in [0.1, 0.15) is 28.5 Å². The number of benzene rings is 2. The number of aromatic nitrogens is 2. The molecule has 0 amide bonds. The number of halogens is 2. The number of aromatic amines is 1. The molecule has 0 bridgehead atoms. The van der Waals surface area contributed by atoms with Gasteiger partial charge in [0.25, 0.3) is 0 Å². The molecule has 0 saturated carbocycles. The molecule has 1 heterocycles. The Hall–Kier alpha value is -3.22. The van der Waals surface area contributed by atoms with E-state index in [1.54, 1.807) is 31.2 Å². The van der Waals surface area contributed by atoms with Crippen LogP contribution in [0.5, 0.6) is 5.75 Å². The molecule has 0 fully saturated rings. The molecule has 0 aliphatic carbocycles. The maximum Gasteiger partial charge on any atom is 0.341 e. The van der Waals surface area contributed by atoms with Gasteiger partial charge in [0.1, 0.15) is 11.3 Å². The lowest BCUT2D eigenvalue weighted by Crippen LogP contribution is -2.07. The quantitative estimate of drug-likeness (QED) is 0.695. The standard InChI is InChI=1S/C19H16F2N2O3/c1-3-26-19(24)12-6-9-16-17(18(12)25-2)15(22-23-16)8-5-11-4-7-13(20)14(21)10-11/h4-10H,3H2,1-2H3,(H,22,23)/b8-5+.